The maximum absolute atomic E-state index is 11.5. The summed E-state index contributed by atoms with van der Waals surface area (Å²) in [6.45, 7) is 0. The van der Waals surface area contributed by atoms with Gasteiger partial charge in [0.25, 0.3) is 5.91 Å². The number of fused-ring (bicyclic) bond motifs is 1. The summed E-state index contributed by atoms with van der Waals surface area (Å²) in [5.41, 5.74) is 14.4. The van der Waals surface area contributed by atoms with E-state index in [4.69, 9.17) is 11.5 Å². The molecule has 5 heteroatoms. The number of pyridine rings is 1. The number of carbonyl (C=O) groups excluding carboxylic acids is 1. The van der Waals surface area contributed by atoms with E-state index in [0.29, 0.717) is 16.9 Å². The van der Waals surface area contributed by atoms with Crippen molar-refractivity contribution < 1.29 is 4.79 Å². The lowest BCUT2D eigenvalue weighted by molar-refractivity contribution is 0.100. The molecule has 0 aliphatic heterocycles. The van der Waals surface area contributed by atoms with Crippen LogP contribution in [0.1, 0.15) is 10.4 Å². The monoisotopic (exact) mass is 278 g/mol. The molecular weight excluding hydrogens is 264 g/mol. The molecule has 0 aliphatic rings. The molecule has 3 rings (SSSR count). The Kier molecular flexibility index (Phi) is 3.16. The van der Waals surface area contributed by atoms with Gasteiger partial charge in [0.2, 0.25) is 0 Å². The number of nitrogen functional groups attached to an aromatic ring is 1. The summed E-state index contributed by atoms with van der Waals surface area (Å²) in [6.07, 6.45) is 1.73. The number of aromatic nitrogens is 1. The lowest BCUT2D eigenvalue weighted by Gasteiger charge is -2.14. The van der Waals surface area contributed by atoms with Gasteiger partial charge >= 0.3 is 0 Å². The van der Waals surface area contributed by atoms with E-state index in [1.54, 1.807) is 24.4 Å². The Bertz CT molecular complexity index is 824. The van der Waals surface area contributed by atoms with Crippen molar-refractivity contribution in [2.45, 2.75) is 0 Å². The fraction of sp³-hybridized carbons (Fsp3) is 0. The van der Waals surface area contributed by atoms with Crippen LogP contribution in [0.15, 0.2) is 54.7 Å². The van der Waals surface area contributed by atoms with E-state index < -0.39 is 5.91 Å². The van der Waals surface area contributed by atoms with Crippen LogP contribution in [0.3, 0.4) is 0 Å². The first kappa shape index (κ1) is 12.9. The molecular formula is C16H14N4O. The largest absolute Gasteiger partial charge is 0.397 e. The zero-order valence-electron chi connectivity index (χ0n) is 11.2. The minimum Gasteiger partial charge on any atom is -0.397 e. The number of anilines is 3. The summed E-state index contributed by atoms with van der Waals surface area (Å²) in [5.74, 6) is -0.525. The number of nitrogens with two attached hydrogens (primary N) is 2. The number of hydrogen-bond acceptors (Lipinski definition) is 4. The Labute approximate surface area is 121 Å². The van der Waals surface area contributed by atoms with E-state index in [1.807, 2.05) is 30.3 Å². The summed E-state index contributed by atoms with van der Waals surface area (Å²) in [7, 11) is 0. The number of primary amides is 1. The Morgan fingerprint density at radius 2 is 1.86 bits per heavy atom. The summed E-state index contributed by atoms with van der Waals surface area (Å²) in [5, 5.41) is 4.14. The number of nitrogens with zero attached hydrogens (tertiary/aromatic N) is 1. The Hall–Kier alpha value is -3.08. The van der Waals surface area contributed by atoms with Crippen molar-refractivity contribution in [3.05, 3.63) is 60.3 Å². The molecule has 5 N–H and O–H groups in total. The normalized spacial score (nSPS) is 10.5. The first-order valence-electron chi connectivity index (χ1n) is 6.46. The fourth-order valence-electron chi connectivity index (χ4n) is 2.26. The SMILES string of the molecule is NC(=O)c1cccc(N)c1Nc1cccc2ncccc12. The topological polar surface area (TPSA) is 94.0 Å². The molecule has 0 fully saturated rings. The predicted molar refractivity (Wildman–Crippen MR) is 84.4 cm³/mol. The number of carbonyl (C=O) groups is 1. The number of hydrogen-bond donors (Lipinski definition) is 3. The van der Waals surface area contributed by atoms with E-state index in [-0.39, 0.29) is 0 Å². The molecule has 21 heavy (non-hydrogen) atoms. The van der Waals surface area contributed by atoms with E-state index in [0.717, 1.165) is 16.6 Å². The van der Waals surface area contributed by atoms with Crippen LogP contribution in [0.5, 0.6) is 0 Å². The second-order valence-corrected chi connectivity index (χ2v) is 4.63. The van der Waals surface area contributed by atoms with E-state index in [1.165, 1.54) is 0 Å². The van der Waals surface area contributed by atoms with Gasteiger partial charge in [-0.25, -0.2) is 0 Å². The van der Waals surface area contributed by atoms with Gasteiger partial charge in [0.1, 0.15) is 0 Å². The summed E-state index contributed by atoms with van der Waals surface area (Å²) < 4.78 is 0. The minimum absolute atomic E-state index is 0.357. The molecule has 104 valence electrons. The zero-order chi connectivity index (χ0) is 14.8. The smallest absolute Gasteiger partial charge is 0.250 e. The molecule has 0 aliphatic carbocycles. The van der Waals surface area contributed by atoms with Crippen molar-refractivity contribution in [1.82, 2.24) is 4.98 Å². The maximum Gasteiger partial charge on any atom is 0.250 e. The summed E-state index contributed by atoms with van der Waals surface area (Å²) in [4.78, 5) is 15.8. The van der Waals surface area contributed by atoms with E-state index in [9.17, 15) is 4.79 Å². The highest BCUT2D eigenvalue weighted by Gasteiger charge is 2.12. The van der Waals surface area contributed by atoms with Crippen LogP contribution < -0.4 is 16.8 Å². The highest BCUT2D eigenvalue weighted by atomic mass is 16.1. The molecule has 0 spiro atoms. The standard InChI is InChI=1S/C16H14N4O/c17-12-6-1-4-11(16(18)21)15(12)20-14-8-2-7-13-10(14)5-3-9-19-13/h1-9,20H,17H2,(H2,18,21). The molecule has 3 aromatic rings. The van der Waals surface area contributed by atoms with Crippen LogP contribution in [-0.2, 0) is 0 Å². The average molecular weight is 278 g/mol. The van der Waals surface area contributed by atoms with Gasteiger partial charge in [0.15, 0.2) is 0 Å². The molecule has 1 amide bonds. The highest BCUT2D eigenvalue weighted by molar-refractivity contribution is 6.04. The van der Waals surface area contributed by atoms with Gasteiger partial charge in [0, 0.05) is 17.3 Å². The predicted octanol–water partition coefficient (Wildman–Crippen LogP) is 2.66. The average Bonchev–Trinajstić information content (AvgIpc) is 2.49. The van der Waals surface area contributed by atoms with Gasteiger partial charge in [-0.2, -0.15) is 0 Å². The molecule has 0 bridgehead atoms. The van der Waals surface area contributed by atoms with Crippen LogP contribution in [-0.4, -0.2) is 10.9 Å². The first-order chi connectivity index (χ1) is 10.2. The van der Waals surface area contributed by atoms with Gasteiger partial charge in [-0.15, -0.1) is 0 Å². The van der Waals surface area contributed by atoms with E-state index >= 15 is 0 Å². The van der Waals surface area contributed by atoms with Crippen molar-refractivity contribution in [2.75, 3.05) is 11.1 Å². The van der Waals surface area contributed by atoms with Gasteiger partial charge in [-0.1, -0.05) is 12.1 Å². The van der Waals surface area contributed by atoms with Gasteiger partial charge in [-0.05, 0) is 36.4 Å². The molecule has 0 saturated heterocycles. The Balaban J connectivity index is 2.13. The third-order valence-corrected chi connectivity index (χ3v) is 3.27. The van der Waals surface area contributed by atoms with Crippen LogP contribution >= 0.6 is 0 Å². The van der Waals surface area contributed by atoms with Crippen molar-refractivity contribution in [2.24, 2.45) is 5.73 Å². The second kappa shape index (κ2) is 5.13. The molecule has 0 unspecified atom stereocenters. The van der Waals surface area contributed by atoms with Crippen molar-refractivity contribution in [1.29, 1.82) is 0 Å². The van der Waals surface area contributed by atoms with Crippen molar-refractivity contribution >= 4 is 33.9 Å². The molecule has 0 radical (unpaired) electrons. The van der Waals surface area contributed by atoms with Gasteiger partial charge < -0.3 is 16.8 Å². The summed E-state index contributed by atoms with van der Waals surface area (Å²) >= 11 is 0. The Morgan fingerprint density at radius 1 is 1.05 bits per heavy atom. The first-order valence-corrected chi connectivity index (χ1v) is 6.46. The van der Waals surface area contributed by atoms with Crippen molar-refractivity contribution in [3.8, 4) is 0 Å². The summed E-state index contributed by atoms with van der Waals surface area (Å²) in [6, 6.07) is 14.6. The van der Waals surface area contributed by atoms with Crippen LogP contribution in [0, 0.1) is 0 Å². The van der Waals surface area contributed by atoms with Crippen molar-refractivity contribution in [3.63, 3.8) is 0 Å². The van der Waals surface area contributed by atoms with Crippen LogP contribution in [0.4, 0.5) is 17.1 Å². The molecule has 1 heterocycles. The maximum atomic E-state index is 11.5. The molecule has 0 saturated carbocycles. The Morgan fingerprint density at radius 3 is 2.67 bits per heavy atom. The third-order valence-electron chi connectivity index (χ3n) is 3.27. The second-order valence-electron chi connectivity index (χ2n) is 4.63. The van der Waals surface area contributed by atoms with E-state index in [2.05, 4.69) is 10.3 Å². The third kappa shape index (κ3) is 2.36. The van der Waals surface area contributed by atoms with Gasteiger partial charge in [-0.3, -0.25) is 9.78 Å². The number of para-hydroxylation sites is 1. The molecule has 0 atom stereocenters. The zero-order valence-corrected chi connectivity index (χ0v) is 11.2. The van der Waals surface area contributed by atoms with Crippen LogP contribution in [0.2, 0.25) is 0 Å². The van der Waals surface area contributed by atoms with Gasteiger partial charge in [0.05, 0.1) is 22.5 Å². The number of nitrogens with one attached hydrogen (secondary N) is 1. The quantitative estimate of drug-likeness (QED) is 0.642. The lowest BCUT2D eigenvalue weighted by atomic mass is 10.1. The minimum atomic E-state index is -0.525. The molecule has 5 nitrogen and oxygen atoms in total. The number of rotatable bonds is 3. The highest BCUT2D eigenvalue weighted by Crippen LogP contribution is 2.30. The lowest BCUT2D eigenvalue weighted by Crippen LogP contribution is -2.14. The fourth-order valence-corrected chi connectivity index (χ4v) is 2.26. The molecule has 2 aromatic carbocycles. The number of amides is 1. The van der Waals surface area contributed by atoms with Crippen LogP contribution in [0.25, 0.3) is 10.9 Å². The molecule has 1 aromatic heterocycles. The number of benzene rings is 2.